The summed E-state index contributed by atoms with van der Waals surface area (Å²) in [5, 5.41) is 3.36. The van der Waals surface area contributed by atoms with Crippen LogP contribution in [0.15, 0.2) is 42.5 Å². The number of hydrogen-bond donors (Lipinski definition) is 1. The Kier molecular flexibility index (Phi) is 8.08. The lowest BCUT2D eigenvalue weighted by molar-refractivity contribution is -0.138. The average Bonchev–Trinajstić information content (AvgIpc) is 2.84. The van der Waals surface area contributed by atoms with Crippen molar-refractivity contribution in [2.75, 3.05) is 51.1 Å². The highest BCUT2D eigenvalue weighted by Gasteiger charge is 2.33. The monoisotopic (exact) mass is 496 g/mol. The number of piperidine rings is 1. The number of para-hydroxylation sites is 1. The third-order valence-corrected chi connectivity index (χ3v) is 7.06. The number of carbonyl (C=O) groups excluding carboxylic acids is 3. The highest BCUT2D eigenvalue weighted by Crippen LogP contribution is 2.23. The highest BCUT2D eigenvalue weighted by molar-refractivity contribution is 6.33. The van der Waals surface area contributed by atoms with Crippen molar-refractivity contribution >= 4 is 35.0 Å². The van der Waals surface area contributed by atoms with Crippen molar-refractivity contribution in [2.45, 2.75) is 26.7 Å². The SMILES string of the molecule is Cc1cc(C)cc(C(=O)N2CCCC(C(=O)N3CCN(CC(=O)Nc4ccccc4Cl)CC3)C2)c1. The summed E-state index contributed by atoms with van der Waals surface area (Å²) < 4.78 is 0. The molecule has 2 heterocycles. The van der Waals surface area contributed by atoms with E-state index in [0.29, 0.717) is 55.5 Å². The van der Waals surface area contributed by atoms with Crippen LogP contribution in [-0.4, -0.2) is 78.2 Å². The maximum absolute atomic E-state index is 13.2. The maximum Gasteiger partial charge on any atom is 0.253 e. The van der Waals surface area contributed by atoms with Crippen molar-refractivity contribution in [3.63, 3.8) is 0 Å². The van der Waals surface area contributed by atoms with Gasteiger partial charge in [0.1, 0.15) is 0 Å². The van der Waals surface area contributed by atoms with E-state index in [4.69, 9.17) is 11.6 Å². The van der Waals surface area contributed by atoms with E-state index in [9.17, 15) is 14.4 Å². The minimum Gasteiger partial charge on any atom is -0.340 e. The Morgan fingerprint density at radius 3 is 2.31 bits per heavy atom. The second-order valence-corrected chi connectivity index (χ2v) is 10.0. The molecular weight excluding hydrogens is 464 g/mol. The first kappa shape index (κ1) is 25.2. The summed E-state index contributed by atoms with van der Waals surface area (Å²) >= 11 is 6.12. The fraction of sp³-hybridized carbons (Fsp3) is 0.444. The number of likely N-dealkylation sites (tertiary alicyclic amines) is 1. The van der Waals surface area contributed by atoms with Crippen LogP contribution in [0.2, 0.25) is 5.02 Å². The summed E-state index contributed by atoms with van der Waals surface area (Å²) in [5.41, 5.74) is 3.43. The van der Waals surface area contributed by atoms with E-state index in [-0.39, 0.29) is 30.2 Å². The fourth-order valence-corrected chi connectivity index (χ4v) is 5.17. The number of aryl methyl sites for hydroxylation is 2. The van der Waals surface area contributed by atoms with Gasteiger partial charge in [-0.15, -0.1) is 0 Å². The van der Waals surface area contributed by atoms with Gasteiger partial charge >= 0.3 is 0 Å². The van der Waals surface area contributed by atoms with Crippen molar-refractivity contribution in [1.82, 2.24) is 14.7 Å². The average molecular weight is 497 g/mol. The first-order valence-corrected chi connectivity index (χ1v) is 12.6. The zero-order valence-electron chi connectivity index (χ0n) is 20.4. The standard InChI is InChI=1S/C27H33ClN4O3/c1-19-14-20(2)16-22(15-19)27(35)32-9-5-6-21(17-32)26(34)31-12-10-30(11-13-31)18-25(33)29-24-8-4-3-7-23(24)28/h3-4,7-8,14-16,21H,5-6,9-13,17-18H2,1-2H3,(H,29,33). The molecule has 3 amide bonds. The smallest absolute Gasteiger partial charge is 0.253 e. The van der Waals surface area contributed by atoms with Crippen molar-refractivity contribution in [1.29, 1.82) is 0 Å². The lowest BCUT2D eigenvalue weighted by Gasteiger charge is -2.39. The quantitative estimate of drug-likeness (QED) is 0.686. The largest absolute Gasteiger partial charge is 0.340 e. The second-order valence-electron chi connectivity index (χ2n) is 9.60. The predicted octanol–water partition coefficient (Wildman–Crippen LogP) is 3.59. The molecule has 0 radical (unpaired) electrons. The van der Waals surface area contributed by atoms with E-state index in [2.05, 4.69) is 11.4 Å². The molecule has 7 nitrogen and oxygen atoms in total. The number of hydrogen-bond acceptors (Lipinski definition) is 4. The molecule has 0 spiro atoms. The van der Waals surface area contributed by atoms with Gasteiger partial charge in [0, 0.05) is 44.8 Å². The van der Waals surface area contributed by atoms with E-state index < -0.39 is 0 Å². The minimum atomic E-state index is -0.173. The second kappa shape index (κ2) is 11.2. The number of carbonyl (C=O) groups is 3. The number of benzene rings is 2. The Morgan fingerprint density at radius 1 is 0.943 bits per heavy atom. The van der Waals surface area contributed by atoms with Crippen LogP contribution in [-0.2, 0) is 9.59 Å². The topological polar surface area (TPSA) is 73.0 Å². The molecule has 35 heavy (non-hydrogen) atoms. The zero-order valence-corrected chi connectivity index (χ0v) is 21.2. The molecule has 2 fully saturated rings. The van der Waals surface area contributed by atoms with Crippen molar-refractivity contribution in [3.8, 4) is 0 Å². The van der Waals surface area contributed by atoms with E-state index in [0.717, 1.165) is 24.0 Å². The molecule has 2 aliphatic rings. The Morgan fingerprint density at radius 2 is 1.63 bits per heavy atom. The third-order valence-electron chi connectivity index (χ3n) is 6.73. The van der Waals surface area contributed by atoms with Crippen LogP contribution in [0.25, 0.3) is 0 Å². The van der Waals surface area contributed by atoms with Gasteiger partial charge in [0.05, 0.1) is 23.2 Å². The number of nitrogens with zero attached hydrogens (tertiary/aromatic N) is 3. The molecule has 0 saturated carbocycles. The molecular formula is C27H33ClN4O3. The summed E-state index contributed by atoms with van der Waals surface area (Å²) in [4.78, 5) is 44.5. The number of halogens is 1. The molecule has 1 N–H and O–H groups in total. The summed E-state index contributed by atoms with van der Waals surface area (Å²) in [6, 6.07) is 13.1. The Labute approximate surface area is 212 Å². The van der Waals surface area contributed by atoms with Gasteiger partial charge in [-0.3, -0.25) is 19.3 Å². The van der Waals surface area contributed by atoms with Crippen molar-refractivity contribution in [3.05, 3.63) is 64.2 Å². The molecule has 2 aromatic carbocycles. The highest BCUT2D eigenvalue weighted by atomic mass is 35.5. The minimum absolute atomic E-state index is 0.00338. The third kappa shape index (κ3) is 6.41. The first-order valence-electron chi connectivity index (χ1n) is 12.2. The molecule has 0 aliphatic carbocycles. The van der Waals surface area contributed by atoms with Crippen LogP contribution in [0.3, 0.4) is 0 Å². The van der Waals surface area contributed by atoms with Crippen molar-refractivity contribution in [2.24, 2.45) is 5.92 Å². The van der Waals surface area contributed by atoms with Crippen LogP contribution in [0.1, 0.15) is 34.3 Å². The van der Waals surface area contributed by atoms with Gasteiger partial charge in [-0.05, 0) is 51.0 Å². The predicted molar refractivity (Wildman–Crippen MR) is 138 cm³/mol. The molecule has 2 aliphatic heterocycles. The molecule has 0 bridgehead atoms. The molecule has 1 atom stereocenters. The van der Waals surface area contributed by atoms with E-state index in [1.807, 2.05) is 52.8 Å². The summed E-state index contributed by atoms with van der Waals surface area (Å²) in [5.74, 6) is -0.175. The number of anilines is 1. The Bertz CT molecular complexity index is 1080. The van der Waals surface area contributed by atoms with E-state index in [1.54, 1.807) is 12.1 Å². The van der Waals surface area contributed by atoms with Crippen LogP contribution in [0, 0.1) is 19.8 Å². The van der Waals surface area contributed by atoms with Gasteiger partial charge in [0.2, 0.25) is 11.8 Å². The summed E-state index contributed by atoms with van der Waals surface area (Å²) in [7, 11) is 0. The lowest BCUT2D eigenvalue weighted by Crippen LogP contribution is -2.54. The number of nitrogens with one attached hydrogen (secondary N) is 1. The first-order chi connectivity index (χ1) is 16.8. The van der Waals surface area contributed by atoms with E-state index >= 15 is 0 Å². The van der Waals surface area contributed by atoms with Crippen LogP contribution < -0.4 is 5.32 Å². The van der Waals surface area contributed by atoms with Crippen LogP contribution in [0.4, 0.5) is 5.69 Å². The maximum atomic E-state index is 13.2. The molecule has 2 aromatic rings. The zero-order chi connectivity index (χ0) is 24.9. The van der Waals surface area contributed by atoms with Gasteiger partial charge in [-0.1, -0.05) is 40.9 Å². The van der Waals surface area contributed by atoms with Gasteiger partial charge in [-0.2, -0.15) is 0 Å². The Balaban J connectivity index is 1.27. The van der Waals surface area contributed by atoms with Gasteiger partial charge < -0.3 is 15.1 Å². The fourth-order valence-electron chi connectivity index (χ4n) is 4.98. The van der Waals surface area contributed by atoms with Gasteiger partial charge in [0.25, 0.3) is 5.91 Å². The van der Waals surface area contributed by atoms with E-state index in [1.165, 1.54) is 0 Å². The molecule has 8 heteroatoms. The summed E-state index contributed by atoms with van der Waals surface area (Å²) in [6.07, 6.45) is 1.63. The number of amides is 3. The van der Waals surface area contributed by atoms with Crippen LogP contribution in [0.5, 0.6) is 0 Å². The number of rotatable bonds is 5. The molecule has 1 unspecified atom stereocenters. The normalized spacial score (nSPS) is 18.9. The van der Waals surface area contributed by atoms with Gasteiger partial charge in [-0.25, -0.2) is 0 Å². The lowest BCUT2D eigenvalue weighted by atomic mass is 9.95. The van der Waals surface area contributed by atoms with Gasteiger partial charge in [0.15, 0.2) is 0 Å². The summed E-state index contributed by atoms with van der Waals surface area (Å²) in [6.45, 7) is 7.83. The molecule has 4 rings (SSSR count). The van der Waals surface area contributed by atoms with Crippen molar-refractivity contribution < 1.29 is 14.4 Å². The molecule has 0 aromatic heterocycles. The van der Waals surface area contributed by atoms with Crippen LogP contribution >= 0.6 is 11.6 Å². The number of piperazine rings is 1. The Hall–Kier alpha value is -2.90. The molecule has 186 valence electrons. The molecule has 2 saturated heterocycles.